The van der Waals surface area contributed by atoms with Crippen LogP contribution in [0.3, 0.4) is 0 Å². The van der Waals surface area contributed by atoms with Crippen molar-refractivity contribution in [2.45, 2.75) is 58.0 Å². The van der Waals surface area contributed by atoms with Gasteiger partial charge in [0.15, 0.2) is 0 Å². The molecule has 52 heavy (non-hydrogen) atoms. The van der Waals surface area contributed by atoms with E-state index in [0.717, 1.165) is 76.2 Å². The van der Waals surface area contributed by atoms with Crippen molar-refractivity contribution in [3.05, 3.63) is 142 Å². The molecule has 8 heteroatoms. The number of anilines is 2. The number of rotatable bonds is 10. The van der Waals surface area contributed by atoms with Crippen LogP contribution in [0.15, 0.2) is 110 Å². The fourth-order valence-corrected chi connectivity index (χ4v) is 8.36. The average molecular weight is 733 g/mol. The maximum atomic E-state index is 14.8. The topological polar surface area (TPSA) is 54.6 Å². The van der Waals surface area contributed by atoms with E-state index in [1.807, 2.05) is 79.0 Å². The van der Waals surface area contributed by atoms with E-state index in [2.05, 4.69) is 69.7 Å². The number of nitrogens with zero attached hydrogens (tertiary/aromatic N) is 3. The lowest BCUT2D eigenvalue weighted by atomic mass is 9.95. The van der Waals surface area contributed by atoms with Gasteiger partial charge in [0.2, 0.25) is 0 Å². The first-order chi connectivity index (χ1) is 25.3. The Labute approximate surface area is 317 Å². The number of para-hydroxylation sites is 2. The first-order valence-electron chi connectivity index (χ1n) is 18.5. The number of aromatic amines is 1. The Hall–Kier alpha value is -4.49. The Balaban J connectivity index is 1.29. The highest BCUT2D eigenvalue weighted by Gasteiger charge is 2.30. The molecule has 1 amide bonds. The maximum absolute atomic E-state index is 14.8. The van der Waals surface area contributed by atoms with E-state index in [9.17, 15) is 4.79 Å². The van der Waals surface area contributed by atoms with Crippen LogP contribution in [0.25, 0.3) is 22.2 Å². The first kappa shape index (κ1) is 35.9. The van der Waals surface area contributed by atoms with Crippen LogP contribution in [0.2, 0.25) is 10.0 Å². The summed E-state index contributed by atoms with van der Waals surface area (Å²) in [6, 6.07) is 32.6. The van der Waals surface area contributed by atoms with Crippen molar-refractivity contribution in [2.75, 3.05) is 36.4 Å². The van der Waals surface area contributed by atoms with Crippen LogP contribution in [-0.2, 0) is 0 Å². The predicted molar refractivity (Wildman–Crippen MR) is 219 cm³/mol. The molecule has 2 aliphatic heterocycles. The number of carbonyl (C=O) groups is 1. The van der Waals surface area contributed by atoms with E-state index in [0.29, 0.717) is 21.8 Å². The third-order valence-electron chi connectivity index (χ3n) is 10.9. The van der Waals surface area contributed by atoms with Crippen LogP contribution < -0.4 is 10.2 Å². The molecular weight excluding hydrogens is 685 g/mol. The second kappa shape index (κ2) is 16.0. The number of fused-ring (bicyclic) bond motifs is 1. The minimum absolute atomic E-state index is 0.134. The highest BCUT2D eigenvalue weighted by atomic mass is 35.5. The standard InChI is InChI=1S/C44H47Cl2N5O/c1-4-51(31(3)33-17-19-34(45)20-18-33)43(30(2)32-13-7-5-8-14-32)41-37-22-21-35(46)29-39(37)47-42(41)44(52)48-38-15-9-10-16-40(38)50-27-23-36(24-28-50)49-25-11-6-12-26-49/h4-5,7-10,13-22,29,31,36,47H,1,6,11-12,23-28H2,2-3H3,(H,48,52)/b43-30+. The van der Waals surface area contributed by atoms with Crippen LogP contribution in [0.5, 0.6) is 0 Å². The summed E-state index contributed by atoms with van der Waals surface area (Å²) in [6.45, 7) is 12.9. The van der Waals surface area contributed by atoms with E-state index < -0.39 is 0 Å². The largest absolute Gasteiger partial charge is 0.370 e. The van der Waals surface area contributed by atoms with Gasteiger partial charge in [-0.1, -0.05) is 96.9 Å². The number of nitrogens with one attached hydrogen (secondary N) is 2. The number of aromatic nitrogens is 1. The second-order valence-corrected chi connectivity index (χ2v) is 14.9. The number of hydrogen-bond acceptors (Lipinski definition) is 4. The number of piperidine rings is 2. The highest BCUT2D eigenvalue weighted by Crippen LogP contribution is 2.42. The zero-order valence-corrected chi connectivity index (χ0v) is 31.6. The summed E-state index contributed by atoms with van der Waals surface area (Å²) in [5.41, 5.74) is 7.85. The number of amides is 1. The second-order valence-electron chi connectivity index (χ2n) is 14.0. The van der Waals surface area contributed by atoms with Gasteiger partial charge in [0.05, 0.1) is 23.1 Å². The van der Waals surface area contributed by atoms with Gasteiger partial charge in [-0.05, 0) is 112 Å². The molecule has 0 bridgehead atoms. The molecule has 0 radical (unpaired) electrons. The quantitative estimate of drug-likeness (QED) is 0.150. The predicted octanol–water partition coefficient (Wildman–Crippen LogP) is 11.3. The van der Waals surface area contributed by atoms with Gasteiger partial charge in [0.25, 0.3) is 5.91 Å². The van der Waals surface area contributed by atoms with E-state index in [1.54, 1.807) is 0 Å². The molecule has 7 rings (SSSR count). The van der Waals surface area contributed by atoms with Crippen LogP contribution in [0.4, 0.5) is 11.4 Å². The molecule has 5 aromatic rings. The molecule has 0 spiro atoms. The number of halogens is 2. The number of benzene rings is 4. The molecule has 2 N–H and O–H groups in total. The number of carbonyl (C=O) groups excluding carboxylic acids is 1. The number of H-pyrrole nitrogens is 1. The summed E-state index contributed by atoms with van der Waals surface area (Å²) < 4.78 is 0. The van der Waals surface area contributed by atoms with Crippen molar-refractivity contribution in [2.24, 2.45) is 0 Å². The monoisotopic (exact) mass is 731 g/mol. The molecule has 1 aromatic heterocycles. The molecule has 0 aliphatic carbocycles. The molecular formula is C44H47Cl2N5O. The van der Waals surface area contributed by atoms with Gasteiger partial charge in [-0.15, -0.1) is 0 Å². The first-order valence-corrected chi connectivity index (χ1v) is 19.2. The summed E-state index contributed by atoms with van der Waals surface area (Å²) in [7, 11) is 0. The van der Waals surface area contributed by atoms with Crippen LogP contribution in [0, 0.1) is 0 Å². The third kappa shape index (κ3) is 7.52. The normalized spacial score (nSPS) is 16.7. The molecule has 6 nitrogen and oxygen atoms in total. The lowest BCUT2D eigenvalue weighted by Gasteiger charge is -2.41. The van der Waals surface area contributed by atoms with Crippen molar-refractivity contribution in [1.29, 1.82) is 0 Å². The molecule has 2 fully saturated rings. The lowest BCUT2D eigenvalue weighted by molar-refractivity contribution is 0.102. The van der Waals surface area contributed by atoms with Gasteiger partial charge in [-0.25, -0.2) is 0 Å². The van der Waals surface area contributed by atoms with E-state index >= 15 is 0 Å². The van der Waals surface area contributed by atoms with Gasteiger partial charge < -0.3 is 25.0 Å². The van der Waals surface area contributed by atoms with E-state index in [4.69, 9.17) is 23.2 Å². The van der Waals surface area contributed by atoms with Crippen molar-refractivity contribution in [1.82, 2.24) is 14.8 Å². The van der Waals surface area contributed by atoms with Crippen LogP contribution >= 0.6 is 23.2 Å². The summed E-state index contributed by atoms with van der Waals surface area (Å²) in [5.74, 6) is -0.223. The Kier molecular flexibility index (Phi) is 11.1. The molecule has 268 valence electrons. The Morgan fingerprint density at radius 3 is 2.27 bits per heavy atom. The zero-order valence-electron chi connectivity index (χ0n) is 30.0. The van der Waals surface area contributed by atoms with Crippen molar-refractivity contribution in [3.63, 3.8) is 0 Å². The van der Waals surface area contributed by atoms with Gasteiger partial charge in [0, 0.05) is 45.6 Å². The number of likely N-dealkylation sites (tertiary alicyclic amines) is 1. The summed E-state index contributed by atoms with van der Waals surface area (Å²) in [4.78, 5) is 25.5. The van der Waals surface area contributed by atoms with Gasteiger partial charge in [-0.3, -0.25) is 4.79 Å². The van der Waals surface area contributed by atoms with Crippen LogP contribution in [-0.4, -0.2) is 52.9 Å². The molecule has 2 saturated heterocycles. The number of allylic oxidation sites excluding steroid dienone is 1. The molecule has 4 aromatic carbocycles. The van der Waals surface area contributed by atoms with Gasteiger partial charge in [0.1, 0.15) is 5.69 Å². The van der Waals surface area contributed by atoms with Gasteiger partial charge in [-0.2, -0.15) is 0 Å². The molecule has 1 unspecified atom stereocenters. The highest BCUT2D eigenvalue weighted by molar-refractivity contribution is 6.31. The molecule has 2 aliphatic rings. The molecule has 3 heterocycles. The summed E-state index contributed by atoms with van der Waals surface area (Å²) in [5, 5.41) is 5.49. The van der Waals surface area contributed by atoms with Gasteiger partial charge >= 0.3 is 0 Å². The molecule has 0 saturated carbocycles. The van der Waals surface area contributed by atoms with Crippen molar-refractivity contribution < 1.29 is 4.79 Å². The smallest absolute Gasteiger partial charge is 0.272 e. The zero-order chi connectivity index (χ0) is 36.2. The Morgan fingerprint density at radius 1 is 0.885 bits per heavy atom. The fourth-order valence-electron chi connectivity index (χ4n) is 8.06. The minimum atomic E-state index is -0.223. The Bertz CT molecular complexity index is 2060. The maximum Gasteiger partial charge on any atom is 0.272 e. The fraction of sp³-hybridized carbons (Fsp3) is 0.295. The van der Waals surface area contributed by atoms with E-state index in [1.165, 1.54) is 32.4 Å². The summed E-state index contributed by atoms with van der Waals surface area (Å²) in [6.07, 6.45) is 8.08. The van der Waals surface area contributed by atoms with Crippen molar-refractivity contribution in [3.8, 4) is 0 Å². The lowest BCUT2D eigenvalue weighted by Crippen LogP contribution is -2.46. The minimum Gasteiger partial charge on any atom is -0.370 e. The number of hydrogen-bond donors (Lipinski definition) is 2. The van der Waals surface area contributed by atoms with E-state index in [-0.39, 0.29) is 11.9 Å². The SMILES string of the molecule is C=CN(/C(=C(\C)c1ccccc1)c1c(C(=O)Nc2ccccc2N2CCC(N3CCCCC3)CC2)[nH]c2cc(Cl)ccc12)C(C)c1ccc(Cl)cc1. The Morgan fingerprint density at radius 2 is 1.56 bits per heavy atom. The third-order valence-corrected chi connectivity index (χ3v) is 11.4. The molecule has 1 atom stereocenters. The average Bonchev–Trinajstić information content (AvgIpc) is 3.56. The van der Waals surface area contributed by atoms with Crippen LogP contribution in [0.1, 0.15) is 79.2 Å². The van der Waals surface area contributed by atoms with Crippen molar-refractivity contribution >= 4 is 62.7 Å². The summed E-state index contributed by atoms with van der Waals surface area (Å²) >= 11 is 12.8.